The monoisotopic (exact) mass is 257 g/mol. The highest BCUT2D eigenvalue weighted by molar-refractivity contribution is 7.17. The molecule has 0 aliphatic rings. The number of anilines is 1. The van der Waals surface area contributed by atoms with E-state index in [1.54, 1.807) is 13.8 Å². The zero-order valence-corrected chi connectivity index (χ0v) is 10.6. The molecule has 0 unspecified atom stereocenters. The first-order valence-corrected chi connectivity index (χ1v) is 6.03. The minimum absolute atomic E-state index is 0.160. The van der Waals surface area contributed by atoms with E-state index in [9.17, 15) is 9.59 Å². The summed E-state index contributed by atoms with van der Waals surface area (Å²) < 4.78 is 4.74. The number of ether oxygens (including phenoxy) is 1. The van der Waals surface area contributed by atoms with Crippen LogP contribution in [0.15, 0.2) is 0 Å². The van der Waals surface area contributed by atoms with Gasteiger partial charge in [0.25, 0.3) is 5.91 Å². The normalized spacial score (nSPS) is 10.0. The molecule has 0 bridgehead atoms. The van der Waals surface area contributed by atoms with Gasteiger partial charge in [-0.1, -0.05) is 11.3 Å². The van der Waals surface area contributed by atoms with E-state index >= 15 is 0 Å². The molecule has 0 aliphatic carbocycles. The molecule has 0 spiro atoms. The van der Waals surface area contributed by atoms with Gasteiger partial charge in [-0.2, -0.15) is 0 Å². The average molecular weight is 257 g/mol. The Kier molecular flexibility index (Phi) is 4.89. The molecule has 0 saturated heterocycles. The lowest BCUT2D eigenvalue weighted by molar-refractivity contribution is -0.142. The quantitative estimate of drug-likeness (QED) is 0.758. The van der Waals surface area contributed by atoms with E-state index in [-0.39, 0.29) is 24.8 Å². The van der Waals surface area contributed by atoms with Crippen LogP contribution in [0.4, 0.5) is 5.13 Å². The molecule has 7 heteroatoms. The van der Waals surface area contributed by atoms with Crippen molar-refractivity contribution in [2.24, 2.45) is 0 Å². The van der Waals surface area contributed by atoms with Gasteiger partial charge in [-0.25, -0.2) is 4.98 Å². The molecule has 0 aliphatic heterocycles. The Balaban J connectivity index is 2.40. The van der Waals surface area contributed by atoms with Crippen LogP contribution in [0.25, 0.3) is 0 Å². The van der Waals surface area contributed by atoms with Crippen LogP contribution in [-0.2, 0) is 9.53 Å². The topological polar surface area (TPSA) is 94.3 Å². The zero-order chi connectivity index (χ0) is 12.8. The SMILES string of the molecule is CCOC(=O)CCNC(=O)c1sc(N)nc1C. The second-order valence-electron chi connectivity index (χ2n) is 3.28. The second kappa shape index (κ2) is 6.19. The van der Waals surface area contributed by atoms with Crippen LogP contribution < -0.4 is 11.1 Å². The van der Waals surface area contributed by atoms with Crippen molar-refractivity contribution in [1.82, 2.24) is 10.3 Å². The second-order valence-corrected chi connectivity index (χ2v) is 4.31. The summed E-state index contributed by atoms with van der Waals surface area (Å²) in [6.07, 6.45) is 0.160. The van der Waals surface area contributed by atoms with Gasteiger partial charge in [-0.05, 0) is 13.8 Å². The van der Waals surface area contributed by atoms with E-state index in [1.165, 1.54) is 0 Å². The minimum Gasteiger partial charge on any atom is -0.466 e. The number of amides is 1. The van der Waals surface area contributed by atoms with Gasteiger partial charge >= 0.3 is 5.97 Å². The molecule has 0 atom stereocenters. The van der Waals surface area contributed by atoms with Gasteiger partial charge < -0.3 is 15.8 Å². The van der Waals surface area contributed by atoms with Crippen LogP contribution >= 0.6 is 11.3 Å². The zero-order valence-electron chi connectivity index (χ0n) is 9.78. The molecule has 3 N–H and O–H groups in total. The lowest BCUT2D eigenvalue weighted by Gasteiger charge is -2.03. The van der Waals surface area contributed by atoms with E-state index in [4.69, 9.17) is 10.5 Å². The number of nitrogen functional groups attached to an aromatic ring is 1. The molecule has 94 valence electrons. The number of aryl methyl sites for hydroxylation is 1. The van der Waals surface area contributed by atoms with Crippen LogP contribution in [0.2, 0.25) is 0 Å². The summed E-state index contributed by atoms with van der Waals surface area (Å²) >= 11 is 1.13. The number of hydrogen-bond acceptors (Lipinski definition) is 6. The van der Waals surface area contributed by atoms with Crippen LogP contribution in [0, 0.1) is 6.92 Å². The van der Waals surface area contributed by atoms with E-state index in [2.05, 4.69) is 10.3 Å². The summed E-state index contributed by atoms with van der Waals surface area (Å²) in [5.74, 6) is -0.589. The maximum Gasteiger partial charge on any atom is 0.307 e. The third-order valence-electron chi connectivity index (χ3n) is 1.94. The van der Waals surface area contributed by atoms with Crippen LogP contribution in [0.1, 0.15) is 28.7 Å². The van der Waals surface area contributed by atoms with Crippen LogP contribution in [0.5, 0.6) is 0 Å². The Labute approximate surface area is 103 Å². The van der Waals surface area contributed by atoms with E-state index in [0.29, 0.717) is 22.3 Å². The molecule has 0 saturated carbocycles. The summed E-state index contributed by atoms with van der Waals surface area (Å²) in [4.78, 5) is 27.1. The number of nitrogens with two attached hydrogens (primary N) is 1. The van der Waals surface area contributed by atoms with Crippen molar-refractivity contribution in [2.45, 2.75) is 20.3 Å². The number of esters is 1. The summed E-state index contributed by atoms with van der Waals surface area (Å²) in [5, 5.41) is 2.98. The average Bonchev–Trinajstić information content (AvgIpc) is 2.58. The van der Waals surface area contributed by atoms with Crippen molar-refractivity contribution < 1.29 is 14.3 Å². The van der Waals surface area contributed by atoms with E-state index in [1.807, 2.05) is 0 Å². The lowest BCUT2D eigenvalue weighted by Crippen LogP contribution is -2.26. The summed E-state index contributed by atoms with van der Waals surface area (Å²) in [5.41, 5.74) is 6.09. The Bertz CT molecular complexity index is 417. The molecule has 0 aromatic carbocycles. The molecule has 1 heterocycles. The molecule has 1 aromatic heterocycles. The number of hydrogen-bond donors (Lipinski definition) is 2. The molecule has 6 nitrogen and oxygen atoms in total. The van der Waals surface area contributed by atoms with E-state index < -0.39 is 0 Å². The van der Waals surface area contributed by atoms with Crippen molar-refractivity contribution in [3.8, 4) is 0 Å². The van der Waals surface area contributed by atoms with Gasteiger partial charge in [-0.3, -0.25) is 9.59 Å². The molecular formula is C10H15N3O3S. The Hall–Kier alpha value is -1.63. The van der Waals surface area contributed by atoms with Crippen molar-refractivity contribution in [1.29, 1.82) is 0 Å². The number of aromatic nitrogens is 1. The predicted octanol–water partition coefficient (Wildman–Crippen LogP) is 0.717. The maximum absolute atomic E-state index is 11.7. The van der Waals surface area contributed by atoms with Gasteiger partial charge in [-0.15, -0.1) is 0 Å². The summed E-state index contributed by atoms with van der Waals surface area (Å²) in [6.45, 7) is 4.04. The molecule has 1 aromatic rings. The van der Waals surface area contributed by atoms with Crippen LogP contribution in [0.3, 0.4) is 0 Å². The number of thiazole rings is 1. The van der Waals surface area contributed by atoms with Crippen molar-refractivity contribution in [3.63, 3.8) is 0 Å². The van der Waals surface area contributed by atoms with Gasteiger partial charge in [0.15, 0.2) is 5.13 Å². The van der Waals surface area contributed by atoms with Crippen molar-refractivity contribution >= 4 is 28.3 Å². The van der Waals surface area contributed by atoms with E-state index in [0.717, 1.165) is 11.3 Å². The third-order valence-corrected chi connectivity index (χ3v) is 2.92. The van der Waals surface area contributed by atoms with Crippen molar-refractivity contribution in [3.05, 3.63) is 10.6 Å². The lowest BCUT2D eigenvalue weighted by atomic mass is 10.3. The Morgan fingerprint density at radius 1 is 1.53 bits per heavy atom. The molecule has 0 fully saturated rings. The summed E-state index contributed by atoms with van der Waals surface area (Å²) in [7, 11) is 0. The predicted molar refractivity (Wildman–Crippen MR) is 64.8 cm³/mol. The number of nitrogens with one attached hydrogen (secondary N) is 1. The highest BCUT2D eigenvalue weighted by Crippen LogP contribution is 2.19. The van der Waals surface area contributed by atoms with Crippen LogP contribution in [-0.4, -0.2) is 30.0 Å². The van der Waals surface area contributed by atoms with Gasteiger partial charge in [0.2, 0.25) is 0 Å². The molecular weight excluding hydrogens is 242 g/mol. The smallest absolute Gasteiger partial charge is 0.307 e. The fourth-order valence-electron chi connectivity index (χ4n) is 1.22. The Morgan fingerprint density at radius 3 is 2.76 bits per heavy atom. The first kappa shape index (κ1) is 13.4. The Morgan fingerprint density at radius 2 is 2.24 bits per heavy atom. The number of carbonyl (C=O) groups excluding carboxylic acids is 2. The minimum atomic E-state index is -0.326. The highest BCUT2D eigenvalue weighted by atomic mass is 32.1. The van der Waals surface area contributed by atoms with Gasteiger partial charge in [0, 0.05) is 6.54 Å². The largest absolute Gasteiger partial charge is 0.466 e. The first-order valence-electron chi connectivity index (χ1n) is 5.21. The van der Waals surface area contributed by atoms with Crippen molar-refractivity contribution in [2.75, 3.05) is 18.9 Å². The van der Waals surface area contributed by atoms with Gasteiger partial charge in [0.1, 0.15) is 4.88 Å². The molecule has 1 rings (SSSR count). The first-order chi connectivity index (χ1) is 8.04. The standard InChI is InChI=1S/C10H15N3O3S/c1-3-16-7(14)4-5-12-9(15)8-6(2)13-10(11)17-8/h3-5H2,1-2H3,(H2,11,13)(H,12,15). The maximum atomic E-state index is 11.7. The third kappa shape index (κ3) is 4.03. The molecule has 1 amide bonds. The fraction of sp³-hybridized carbons (Fsp3) is 0.500. The molecule has 17 heavy (non-hydrogen) atoms. The number of rotatable bonds is 5. The molecule has 0 radical (unpaired) electrons. The number of carbonyl (C=O) groups is 2. The summed E-state index contributed by atoms with van der Waals surface area (Å²) in [6, 6.07) is 0. The fourth-order valence-corrected chi connectivity index (χ4v) is 1.97. The highest BCUT2D eigenvalue weighted by Gasteiger charge is 2.14. The van der Waals surface area contributed by atoms with Gasteiger partial charge in [0.05, 0.1) is 18.7 Å². The number of nitrogens with zero attached hydrogens (tertiary/aromatic N) is 1.